The second-order valence-electron chi connectivity index (χ2n) is 8.09. The lowest BCUT2D eigenvalue weighted by Gasteiger charge is -2.42. The lowest BCUT2D eigenvalue weighted by atomic mass is 9.99. The van der Waals surface area contributed by atoms with Gasteiger partial charge in [0, 0.05) is 30.5 Å². The molecule has 30 heavy (non-hydrogen) atoms. The number of hydrogen-bond acceptors (Lipinski definition) is 5. The number of carboxylic acids is 1. The number of carboxylic acid groups (broad SMARTS) is 1. The van der Waals surface area contributed by atoms with E-state index in [9.17, 15) is 18.0 Å². The average molecular weight is 422 g/mol. The molecule has 2 aliphatic rings. The van der Waals surface area contributed by atoms with Crippen molar-refractivity contribution in [2.75, 3.05) is 29.4 Å². The Hall–Kier alpha value is -3.10. The maximum absolute atomic E-state index is 12.6. The predicted molar refractivity (Wildman–Crippen MR) is 105 cm³/mol. The highest BCUT2D eigenvalue weighted by Crippen LogP contribution is 2.44. The van der Waals surface area contributed by atoms with E-state index in [-0.39, 0.29) is 11.7 Å². The molecule has 2 heterocycles. The number of ether oxygens (including phenoxy) is 2. The minimum absolute atomic E-state index is 0.299. The fourth-order valence-electron chi connectivity index (χ4n) is 3.73. The summed E-state index contributed by atoms with van der Waals surface area (Å²) in [6.07, 6.45) is -4.78. The minimum Gasteiger partial charge on any atom is -0.484 e. The first-order valence-corrected chi connectivity index (χ1v) is 9.45. The van der Waals surface area contributed by atoms with Gasteiger partial charge in [0.05, 0.1) is 18.2 Å². The lowest BCUT2D eigenvalue weighted by molar-refractivity contribution is -0.274. The van der Waals surface area contributed by atoms with Crippen LogP contribution < -0.4 is 19.3 Å². The third kappa shape index (κ3) is 4.10. The molecule has 4 rings (SSSR count). The fraction of sp³-hybridized carbons (Fsp3) is 0.381. The van der Waals surface area contributed by atoms with Crippen molar-refractivity contribution in [3.05, 3.63) is 42.5 Å². The summed E-state index contributed by atoms with van der Waals surface area (Å²) in [6.45, 7) is 5.10. The van der Waals surface area contributed by atoms with Crippen LogP contribution in [0.5, 0.6) is 11.5 Å². The normalized spacial score (nSPS) is 18.3. The van der Waals surface area contributed by atoms with Gasteiger partial charge >= 0.3 is 12.3 Å². The summed E-state index contributed by atoms with van der Waals surface area (Å²) in [5.74, 6) is -1.21. The standard InChI is InChI=1S/C21H21F3N2O4/c1-20(2)12-26(17-7-6-16(9-18(17)30-20)29-21(22,23)24)15-5-3-4-14(8-15)25-10-13(11-25)19(27)28/h3-9,13H,10-12H2,1-2H3,(H,27,28). The summed E-state index contributed by atoms with van der Waals surface area (Å²) >= 11 is 0. The number of alkyl halides is 3. The largest absolute Gasteiger partial charge is 0.573 e. The summed E-state index contributed by atoms with van der Waals surface area (Å²) in [6, 6.07) is 11.7. The molecule has 2 aromatic rings. The van der Waals surface area contributed by atoms with Crippen LogP contribution in [0.2, 0.25) is 0 Å². The molecule has 0 saturated carbocycles. The SMILES string of the molecule is CC1(C)CN(c2cccc(N3CC(C(=O)O)C3)c2)c2ccc(OC(F)(F)F)cc2O1. The van der Waals surface area contributed by atoms with Gasteiger partial charge in [-0.3, -0.25) is 4.79 Å². The molecule has 1 fully saturated rings. The van der Waals surface area contributed by atoms with Crippen molar-refractivity contribution < 1.29 is 32.5 Å². The Morgan fingerprint density at radius 1 is 1.17 bits per heavy atom. The molecule has 0 amide bonds. The molecule has 6 nitrogen and oxygen atoms in total. The quantitative estimate of drug-likeness (QED) is 0.788. The van der Waals surface area contributed by atoms with Crippen molar-refractivity contribution in [3.8, 4) is 11.5 Å². The third-order valence-corrected chi connectivity index (χ3v) is 5.12. The number of rotatable bonds is 4. The van der Waals surface area contributed by atoms with Gasteiger partial charge in [0.1, 0.15) is 17.1 Å². The van der Waals surface area contributed by atoms with Crippen LogP contribution in [0.1, 0.15) is 13.8 Å². The van der Waals surface area contributed by atoms with Crippen LogP contribution in [-0.2, 0) is 4.79 Å². The smallest absolute Gasteiger partial charge is 0.484 e. The van der Waals surface area contributed by atoms with Crippen molar-refractivity contribution in [1.82, 2.24) is 0 Å². The monoisotopic (exact) mass is 422 g/mol. The van der Waals surface area contributed by atoms with E-state index >= 15 is 0 Å². The molecule has 0 radical (unpaired) electrons. The molecule has 1 saturated heterocycles. The van der Waals surface area contributed by atoms with E-state index in [0.717, 1.165) is 11.4 Å². The molecule has 0 bridgehead atoms. The van der Waals surface area contributed by atoms with Gasteiger partial charge in [0.15, 0.2) is 0 Å². The van der Waals surface area contributed by atoms with Crippen molar-refractivity contribution in [2.24, 2.45) is 5.92 Å². The molecule has 9 heteroatoms. The van der Waals surface area contributed by atoms with Gasteiger partial charge in [-0.25, -0.2) is 0 Å². The van der Waals surface area contributed by atoms with Crippen LogP contribution in [0.4, 0.5) is 30.2 Å². The van der Waals surface area contributed by atoms with Crippen LogP contribution in [0.3, 0.4) is 0 Å². The van der Waals surface area contributed by atoms with Gasteiger partial charge < -0.3 is 24.4 Å². The summed E-state index contributed by atoms with van der Waals surface area (Å²) in [4.78, 5) is 15.0. The van der Waals surface area contributed by atoms with Gasteiger partial charge in [-0.05, 0) is 44.2 Å². The van der Waals surface area contributed by atoms with Gasteiger partial charge in [0.25, 0.3) is 0 Å². The fourth-order valence-corrected chi connectivity index (χ4v) is 3.73. The first-order valence-electron chi connectivity index (χ1n) is 9.45. The van der Waals surface area contributed by atoms with Crippen LogP contribution in [0.25, 0.3) is 0 Å². The van der Waals surface area contributed by atoms with Gasteiger partial charge in [-0.1, -0.05) is 6.07 Å². The van der Waals surface area contributed by atoms with Gasteiger partial charge in [-0.15, -0.1) is 13.2 Å². The molecular formula is C21H21F3N2O4. The average Bonchev–Trinajstić information content (AvgIpc) is 2.57. The van der Waals surface area contributed by atoms with E-state index in [1.807, 2.05) is 47.9 Å². The van der Waals surface area contributed by atoms with Crippen LogP contribution in [0.15, 0.2) is 42.5 Å². The van der Waals surface area contributed by atoms with E-state index in [0.29, 0.717) is 31.1 Å². The summed E-state index contributed by atoms with van der Waals surface area (Å²) in [5.41, 5.74) is 1.72. The Morgan fingerprint density at radius 3 is 2.53 bits per heavy atom. The number of benzene rings is 2. The first kappa shape index (κ1) is 20.2. The number of aliphatic carboxylic acids is 1. The molecule has 0 spiro atoms. The topological polar surface area (TPSA) is 62.2 Å². The molecular weight excluding hydrogens is 401 g/mol. The number of fused-ring (bicyclic) bond motifs is 1. The maximum Gasteiger partial charge on any atom is 0.573 e. The minimum atomic E-state index is -4.78. The molecule has 0 unspecified atom stereocenters. The van der Waals surface area contributed by atoms with E-state index in [1.165, 1.54) is 12.1 Å². The number of halogens is 3. The van der Waals surface area contributed by atoms with Crippen LogP contribution in [0, 0.1) is 5.92 Å². The molecule has 160 valence electrons. The zero-order valence-corrected chi connectivity index (χ0v) is 16.4. The Labute approximate surface area is 171 Å². The third-order valence-electron chi connectivity index (χ3n) is 5.12. The Balaban J connectivity index is 1.64. The molecule has 0 aliphatic carbocycles. The van der Waals surface area contributed by atoms with Crippen molar-refractivity contribution in [1.29, 1.82) is 0 Å². The zero-order valence-electron chi connectivity index (χ0n) is 16.4. The summed E-state index contributed by atoms with van der Waals surface area (Å²) in [7, 11) is 0. The van der Waals surface area contributed by atoms with Crippen LogP contribution in [-0.4, -0.2) is 42.7 Å². The molecule has 1 N–H and O–H groups in total. The molecule has 2 aromatic carbocycles. The van der Waals surface area contributed by atoms with Gasteiger partial charge in [-0.2, -0.15) is 0 Å². The highest BCUT2D eigenvalue weighted by Gasteiger charge is 2.36. The molecule has 0 aromatic heterocycles. The lowest BCUT2D eigenvalue weighted by Crippen LogP contribution is -2.50. The predicted octanol–water partition coefficient (Wildman–Crippen LogP) is 4.42. The second kappa shape index (κ2) is 7.00. The Morgan fingerprint density at radius 2 is 1.87 bits per heavy atom. The van der Waals surface area contributed by atoms with E-state index in [4.69, 9.17) is 9.84 Å². The maximum atomic E-state index is 12.6. The van der Waals surface area contributed by atoms with Crippen molar-refractivity contribution >= 4 is 23.0 Å². The van der Waals surface area contributed by atoms with E-state index in [2.05, 4.69) is 4.74 Å². The number of anilines is 3. The Kier molecular flexibility index (Phi) is 4.71. The molecule has 2 aliphatic heterocycles. The molecule has 0 atom stereocenters. The highest BCUT2D eigenvalue weighted by molar-refractivity contribution is 5.77. The number of nitrogens with zero attached hydrogens (tertiary/aromatic N) is 2. The van der Waals surface area contributed by atoms with E-state index in [1.54, 1.807) is 6.07 Å². The number of hydrogen-bond donors (Lipinski definition) is 1. The highest BCUT2D eigenvalue weighted by atomic mass is 19.4. The van der Waals surface area contributed by atoms with Gasteiger partial charge in [0.2, 0.25) is 0 Å². The first-order chi connectivity index (χ1) is 14.0. The number of carbonyl (C=O) groups is 1. The van der Waals surface area contributed by atoms with Crippen LogP contribution >= 0.6 is 0 Å². The summed E-state index contributed by atoms with van der Waals surface area (Å²) < 4.78 is 47.7. The second-order valence-corrected chi connectivity index (χ2v) is 8.09. The Bertz CT molecular complexity index is 971. The zero-order chi connectivity index (χ0) is 21.7. The van der Waals surface area contributed by atoms with Crippen molar-refractivity contribution in [2.45, 2.75) is 25.8 Å². The summed E-state index contributed by atoms with van der Waals surface area (Å²) in [5, 5.41) is 9.09. The van der Waals surface area contributed by atoms with E-state index < -0.39 is 17.9 Å². The van der Waals surface area contributed by atoms with Crippen molar-refractivity contribution in [3.63, 3.8) is 0 Å².